The second-order valence-corrected chi connectivity index (χ2v) is 7.71. The molecule has 4 aromatic carbocycles. The van der Waals surface area contributed by atoms with Gasteiger partial charge in [0.2, 0.25) is 0 Å². The van der Waals surface area contributed by atoms with Crippen molar-refractivity contribution in [2.75, 3.05) is 5.32 Å². The summed E-state index contributed by atoms with van der Waals surface area (Å²) in [6.07, 6.45) is -4.61. The van der Waals surface area contributed by atoms with Gasteiger partial charge in [-0.25, -0.2) is 0 Å². The number of alkyl halides is 3. The second kappa shape index (κ2) is 8.50. The molecule has 0 atom stereocenters. The molecule has 7 heteroatoms. The first-order valence-corrected chi connectivity index (χ1v) is 10.1. The Labute approximate surface area is 188 Å². The highest BCUT2D eigenvalue weighted by Gasteiger charge is 2.31. The van der Waals surface area contributed by atoms with Gasteiger partial charge < -0.3 is 15.2 Å². The van der Waals surface area contributed by atoms with E-state index in [0.29, 0.717) is 11.3 Å². The number of amides is 1. The maximum absolute atomic E-state index is 13.4. The Hall–Kier alpha value is -4.00. The van der Waals surface area contributed by atoms with E-state index in [1.54, 1.807) is 19.1 Å². The third-order valence-corrected chi connectivity index (χ3v) is 5.27. The molecule has 0 spiro atoms. The number of rotatable bonds is 4. The second-order valence-electron chi connectivity index (χ2n) is 7.71. The van der Waals surface area contributed by atoms with E-state index in [-0.39, 0.29) is 22.7 Å². The molecule has 0 unspecified atom stereocenters. The fraction of sp³-hybridized carbons (Fsp3) is 0.115. The Morgan fingerprint density at radius 3 is 2.30 bits per heavy atom. The fourth-order valence-electron chi connectivity index (χ4n) is 3.54. The summed E-state index contributed by atoms with van der Waals surface area (Å²) < 4.78 is 46.1. The van der Waals surface area contributed by atoms with Crippen LogP contribution < -0.4 is 10.1 Å². The maximum Gasteiger partial charge on any atom is 0.416 e. The molecular formula is C26H20F3NO3. The van der Waals surface area contributed by atoms with E-state index in [9.17, 15) is 23.1 Å². The van der Waals surface area contributed by atoms with Crippen LogP contribution in [0.2, 0.25) is 0 Å². The summed E-state index contributed by atoms with van der Waals surface area (Å²) in [5.74, 6) is -0.562. The number of phenols is 1. The quantitative estimate of drug-likeness (QED) is 0.344. The molecule has 33 heavy (non-hydrogen) atoms. The van der Waals surface area contributed by atoms with Crippen molar-refractivity contribution in [3.05, 3.63) is 95.1 Å². The highest BCUT2D eigenvalue weighted by atomic mass is 19.4. The third kappa shape index (κ3) is 4.62. The normalized spacial score (nSPS) is 11.4. The number of aryl methyl sites for hydroxylation is 2. The standard InChI is InChI=1S/C26H20F3NO3/c1-15-7-10-22(31)20(13-15)25(32)30-21-14-17(26(27,28)29)9-12-24(21)33-23-11-8-16(2)18-5-3-4-6-19(18)23/h3-14,31H,1-2H3,(H,30,32). The number of aromatic hydroxyl groups is 1. The average molecular weight is 451 g/mol. The van der Waals surface area contributed by atoms with Gasteiger partial charge >= 0.3 is 6.18 Å². The Kier molecular flexibility index (Phi) is 5.72. The van der Waals surface area contributed by atoms with Crippen LogP contribution in [0.4, 0.5) is 18.9 Å². The van der Waals surface area contributed by atoms with E-state index in [2.05, 4.69) is 5.32 Å². The molecule has 0 aromatic heterocycles. The smallest absolute Gasteiger partial charge is 0.416 e. The van der Waals surface area contributed by atoms with E-state index in [1.807, 2.05) is 37.3 Å². The first-order valence-electron chi connectivity index (χ1n) is 10.1. The van der Waals surface area contributed by atoms with Gasteiger partial charge in [-0.3, -0.25) is 4.79 Å². The molecule has 0 saturated heterocycles. The van der Waals surface area contributed by atoms with Crippen LogP contribution in [0.25, 0.3) is 10.8 Å². The van der Waals surface area contributed by atoms with Gasteiger partial charge in [0.25, 0.3) is 5.91 Å². The topological polar surface area (TPSA) is 58.6 Å². The largest absolute Gasteiger partial charge is 0.507 e. The number of anilines is 1. The van der Waals surface area contributed by atoms with Crippen molar-refractivity contribution in [1.82, 2.24) is 0 Å². The number of fused-ring (bicyclic) bond motifs is 1. The lowest BCUT2D eigenvalue weighted by atomic mass is 10.0. The molecule has 0 aliphatic rings. The fourth-order valence-corrected chi connectivity index (χ4v) is 3.54. The summed E-state index contributed by atoms with van der Waals surface area (Å²) in [5, 5.41) is 14.2. The van der Waals surface area contributed by atoms with Crippen LogP contribution >= 0.6 is 0 Å². The molecule has 1 amide bonds. The summed E-state index contributed by atoms with van der Waals surface area (Å²) in [6, 6.07) is 18.4. The molecule has 2 N–H and O–H groups in total. The van der Waals surface area contributed by atoms with Crippen LogP contribution in [0.5, 0.6) is 17.2 Å². The summed E-state index contributed by atoms with van der Waals surface area (Å²) in [4.78, 5) is 12.8. The predicted molar refractivity (Wildman–Crippen MR) is 121 cm³/mol. The summed E-state index contributed by atoms with van der Waals surface area (Å²) in [5.41, 5.74) is 0.574. The number of phenolic OH excluding ortho intramolecular Hbond substituents is 1. The lowest BCUT2D eigenvalue weighted by Crippen LogP contribution is -2.14. The number of hydrogen-bond donors (Lipinski definition) is 2. The molecule has 0 bridgehead atoms. The molecule has 0 radical (unpaired) electrons. The van der Waals surface area contributed by atoms with Crippen molar-refractivity contribution < 1.29 is 27.8 Å². The number of benzene rings is 4. The SMILES string of the molecule is Cc1ccc(O)c(C(=O)Nc2cc(C(F)(F)F)ccc2Oc2ccc(C)c3ccccc23)c1. The van der Waals surface area contributed by atoms with Gasteiger partial charge in [0.15, 0.2) is 5.75 Å². The van der Waals surface area contributed by atoms with E-state index < -0.39 is 17.6 Å². The average Bonchev–Trinajstić information content (AvgIpc) is 2.77. The first kappa shape index (κ1) is 22.2. The predicted octanol–water partition coefficient (Wildman–Crippen LogP) is 7.23. The molecule has 4 nitrogen and oxygen atoms in total. The molecule has 168 valence electrons. The van der Waals surface area contributed by atoms with Gasteiger partial charge in [0, 0.05) is 5.39 Å². The minimum atomic E-state index is -4.61. The zero-order chi connectivity index (χ0) is 23.8. The van der Waals surface area contributed by atoms with Crippen molar-refractivity contribution in [1.29, 1.82) is 0 Å². The van der Waals surface area contributed by atoms with Gasteiger partial charge in [-0.05, 0) is 61.2 Å². The number of hydrogen-bond acceptors (Lipinski definition) is 3. The Balaban J connectivity index is 1.77. The summed E-state index contributed by atoms with van der Waals surface area (Å²) in [7, 11) is 0. The lowest BCUT2D eigenvalue weighted by Gasteiger charge is -2.17. The number of halogens is 3. The third-order valence-electron chi connectivity index (χ3n) is 5.27. The van der Waals surface area contributed by atoms with Crippen molar-refractivity contribution in [2.24, 2.45) is 0 Å². The molecule has 0 saturated carbocycles. The van der Waals surface area contributed by atoms with Crippen LogP contribution in [-0.2, 0) is 6.18 Å². The van der Waals surface area contributed by atoms with E-state index in [4.69, 9.17) is 4.74 Å². The van der Waals surface area contributed by atoms with Gasteiger partial charge in [-0.15, -0.1) is 0 Å². The van der Waals surface area contributed by atoms with Gasteiger partial charge in [-0.2, -0.15) is 13.2 Å². The number of carbonyl (C=O) groups is 1. The van der Waals surface area contributed by atoms with Crippen LogP contribution in [0.1, 0.15) is 27.0 Å². The van der Waals surface area contributed by atoms with E-state index >= 15 is 0 Å². The van der Waals surface area contributed by atoms with Crippen molar-refractivity contribution in [2.45, 2.75) is 20.0 Å². The van der Waals surface area contributed by atoms with Crippen LogP contribution in [0.3, 0.4) is 0 Å². The Morgan fingerprint density at radius 1 is 0.879 bits per heavy atom. The lowest BCUT2D eigenvalue weighted by molar-refractivity contribution is -0.137. The van der Waals surface area contributed by atoms with Crippen molar-refractivity contribution in [3.8, 4) is 17.2 Å². The van der Waals surface area contributed by atoms with Gasteiger partial charge in [-0.1, -0.05) is 42.0 Å². The molecule has 4 aromatic rings. The van der Waals surface area contributed by atoms with Gasteiger partial charge in [0.05, 0.1) is 16.8 Å². The molecule has 0 aliphatic heterocycles. The van der Waals surface area contributed by atoms with Crippen molar-refractivity contribution >= 4 is 22.4 Å². The van der Waals surface area contributed by atoms with E-state index in [1.165, 1.54) is 18.2 Å². The Bertz CT molecular complexity index is 1360. The minimum absolute atomic E-state index is 0.0394. The van der Waals surface area contributed by atoms with Gasteiger partial charge in [0.1, 0.15) is 11.5 Å². The number of nitrogens with one attached hydrogen (secondary N) is 1. The maximum atomic E-state index is 13.4. The molecule has 0 heterocycles. The van der Waals surface area contributed by atoms with Crippen LogP contribution in [0.15, 0.2) is 72.8 Å². The number of carbonyl (C=O) groups excluding carboxylic acids is 1. The summed E-state index contributed by atoms with van der Waals surface area (Å²) in [6.45, 7) is 3.68. The molecule has 0 aliphatic carbocycles. The zero-order valence-electron chi connectivity index (χ0n) is 17.8. The van der Waals surface area contributed by atoms with E-state index in [0.717, 1.165) is 28.5 Å². The highest BCUT2D eigenvalue weighted by molar-refractivity contribution is 6.07. The van der Waals surface area contributed by atoms with Crippen LogP contribution in [0, 0.1) is 13.8 Å². The zero-order valence-corrected chi connectivity index (χ0v) is 17.8. The first-order chi connectivity index (χ1) is 15.6. The molecular weight excluding hydrogens is 431 g/mol. The molecule has 0 fully saturated rings. The summed E-state index contributed by atoms with van der Waals surface area (Å²) >= 11 is 0. The highest BCUT2D eigenvalue weighted by Crippen LogP contribution is 2.39. The van der Waals surface area contributed by atoms with Crippen molar-refractivity contribution in [3.63, 3.8) is 0 Å². The van der Waals surface area contributed by atoms with Crippen LogP contribution in [-0.4, -0.2) is 11.0 Å². The monoisotopic (exact) mass is 451 g/mol. The minimum Gasteiger partial charge on any atom is -0.507 e. The molecule has 4 rings (SSSR count). The Morgan fingerprint density at radius 2 is 1.58 bits per heavy atom. The number of ether oxygens (including phenoxy) is 1.